The Balaban J connectivity index is 2.99. The van der Waals surface area contributed by atoms with E-state index in [0.717, 1.165) is 5.71 Å². The first kappa shape index (κ1) is 8.23. The molecule has 0 aromatic heterocycles. The molecular weight excluding hydrogens is 140 g/mol. The minimum atomic E-state index is 0.00579. The quantitative estimate of drug-likeness (QED) is 0.422. The van der Waals surface area contributed by atoms with Crippen LogP contribution in [0, 0.1) is 0 Å². The fraction of sp³-hybridized carbons (Fsp3) is 0.571. The van der Waals surface area contributed by atoms with Crippen LogP contribution in [0.25, 0.3) is 0 Å². The first-order chi connectivity index (χ1) is 4.97. The van der Waals surface area contributed by atoms with Gasteiger partial charge >= 0.3 is 0 Å². The molecule has 0 fully saturated rings. The van der Waals surface area contributed by atoms with Crippen LogP contribution < -0.4 is 11.6 Å². The summed E-state index contributed by atoms with van der Waals surface area (Å²) in [5, 5.41) is 4.22. The van der Waals surface area contributed by atoms with Crippen molar-refractivity contribution in [2.75, 3.05) is 0 Å². The van der Waals surface area contributed by atoms with Crippen molar-refractivity contribution in [3.63, 3.8) is 0 Å². The number of quaternary nitrogens is 1. The van der Waals surface area contributed by atoms with Crippen molar-refractivity contribution >= 4 is 5.71 Å². The van der Waals surface area contributed by atoms with Crippen LogP contribution in [0.4, 0.5) is 0 Å². The van der Waals surface area contributed by atoms with Gasteiger partial charge < -0.3 is 5.73 Å². The molecule has 1 atom stereocenters. The fourth-order valence-corrected chi connectivity index (χ4v) is 1.08. The third-order valence-electron chi connectivity index (χ3n) is 1.88. The maximum atomic E-state index is 5.89. The van der Waals surface area contributed by atoms with E-state index in [2.05, 4.69) is 5.10 Å². The Morgan fingerprint density at radius 2 is 2.09 bits per heavy atom. The van der Waals surface area contributed by atoms with Gasteiger partial charge in [-0.05, 0) is 20.8 Å². The number of hydrogen-bond donors (Lipinski definition) is 2. The molecule has 4 nitrogen and oxygen atoms in total. The third kappa shape index (κ3) is 1.15. The van der Waals surface area contributed by atoms with Gasteiger partial charge in [0.15, 0.2) is 0 Å². The number of nitrogens with two attached hydrogens (primary N) is 2. The predicted octanol–water partition coefficient (Wildman–Crippen LogP) is 0.275. The van der Waals surface area contributed by atoms with Gasteiger partial charge in [-0.2, -0.15) is 0 Å². The standard InChI is InChI=1S/C7H15N4/c1-5(2)11(9)7(8)4-6(3)10-11/h4-5H,8-9H2,1-3H3/q+1. The highest BCUT2D eigenvalue weighted by molar-refractivity contribution is 5.93. The van der Waals surface area contributed by atoms with Crippen LogP contribution >= 0.6 is 0 Å². The van der Waals surface area contributed by atoms with E-state index in [-0.39, 0.29) is 10.7 Å². The predicted molar refractivity (Wildman–Crippen MR) is 45.0 cm³/mol. The Kier molecular flexibility index (Phi) is 1.74. The smallest absolute Gasteiger partial charge is 0.247 e. The molecule has 0 bridgehead atoms. The van der Waals surface area contributed by atoms with E-state index in [1.54, 1.807) is 6.08 Å². The van der Waals surface area contributed by atoms with Crippen molar-refractivity contribution < 1.29 is 4.70 Å². The largest absolute Gasteiger partial charge is 0.351 e. The Hall–Kier alpha value is -0.870. The first-order valence-electron chi connectivity index (χ1n) is 3.68. The normalized spacial score (nSPS) is 30.6. The van der Waals surface area contributed by atoms with Crippen molar-refractivity contribution in [1.82, 2.24) is 0 Å². The van der Waals surface area contributed by atoms with Gasteiger partial charge in [-0.3, -0.25) is 0 Å². The number of allylic oxidation sites excluding steroid dienone is 1. The molecule has 62 valence electrons. The van der Waals surface area contributed by atoms with Crippen molar-refractivity contribution in [3.8, 4) is 0 Å². The molecule has 4 N–H and O–H groups in total. The summed E-state index contributed by atoms with van der Waals surface area (Å²) in [6.07, 6.45) is 1.81. The second-order valence-electron chi connectivity index (χ2n) is 3.14. The summed E-state index contributed by atoms with van der Waals surface area (Å²) >= 11 is 0. The summed E-state index contributed by atoms with van der Waals surface area (Å²) < 4.78 is 0.00579. The lowest BCUT2D eigenvalue weighted by Gasteiger charge is -2.26. The van der Waals surface area contributed by atoms with Crippen LogP contribution in [-0.2, 0) is 0 Å². The molecule has 11 heavy (non-hydrogen) atoms. The van der Waals surface area contributed by atoms with Crippen LogP contribution in [-0.4, -0.2) is 16.5 Å². The molecule has 0 spiro atoms. The molecule has 1 heterocycles. The molecule has 1 aliphatic heterocycles. The molecule has 0 radical (unpaired) electrons. The second-order valence-corrected chi connectivity index (χ2v) is 3.14. The number of rotatable bonds is 1. The lowest BCUT2D eigenvalue weighted by Crippen LogP contribution is -2.54. The van der Waals surface area contributed by atoms with Gasteiger partial charge in [0.2, 0.25) is 5.82 Å². The first-order valence-corrected chi connectivity index (χ1v) is 3.68. The average molecular weight is 155 g/mol. The molecule has 0 aromatic carbocycles. The zero-order chi connectivity index (χ0) is 8.65. The maximum Gasteiger partial charge on any atom is 0.247 e. The summed E-state index contributed by atoms with van der Waals surface area (Å²) in [7, 11) is 0. The molecule has 0 saturated heterocycles. The van der Waals surface area contributed by atoms with Gasteiger partial charge in [-0.25, -0.2) is 0 Å². The van der Waals surface area contributed by atoms with Crippen LogP contribution in [0.2, 0.25) is 0 Å². The van der Waals surface area contributed by atoms with Gasteiger partial charge in [0.1, 0.15) is 11.8 Å². The van der Waals surface area contributed by atoms with Crippen molar-refractivity contribution in [2.24, 2.45) is 16.7 Å². The second kappa shape index (κ2) is 2.32. The highest BCUT2D eigenvalue weighted by atomic mass is 15.8. The number of nitrogens with zero attached hydrogens (tertiary/aromatic N) is 2. The van der Waals surface area contributed by atoms with E-state index >= 15 is 0 Å². The van der Waals surface area contributed by atoms with Crippen LogP contribution in [0.5, 0.6) is 0 Å². The summed E-state index contributed by atoms with van der Waals surface area (Å²) in [6, 6.07) is 0.184. The minimum Gasteiger partial charge on any atom is -0.351 e. The summed E-state index contributed by atoms with van der Waals surface area (Å²) in [4.78, 5) is 0. The molecule has 1 rings (SSSR count). The summed E-state index contributed by atoms with van der Waals surface area (Å²) in [5.41, 5.74) is 6.59. The maximum absolute atomic E-state index is 5.89. The minimum absolute atomic E-state index is 0.00579. The number of hydrogen-bond acceptors (Lipinski definition) is 3. The van der Waals surface area contributed by atoms with Gasteiger partial charge in [0.25, 0.3) is 0 Å². The van der Waals surface area contributed by atoms with Crippen molar-refractivity contribution in [3.05, 3.63) is 11.9 Å². The molecular formula is C7H15N4+. The Bertz CT molecular complexity index is 229. The molecule has 0 saturated carbocycles. The zero-order valence-electron chi connectivity index (χ0n) is 7.20. The lowest BCUT2D eigenvalue weighted by atomic mass is 10.3. The molecule has 1 aliphatic rings. The third-order valence-corrected chi connectivity index (χ3v) is 1.88. The lowest BCUT2D eigenvalue weighted by molar-refractivity contribution is -0.929. The zero-order valence-corrected chi connectivity index (χ0v) is 7.20. The molecule has 4 heteroatoms. The van der Waals surface area contributed by atoms with E-state index < -0.39 is 0 Å². The van der Waals surface area contributed by atoms with Crippen LogP contribution in [0.3, 0.4) is 0 Å². The highest BCUT2D eigenvalue weighted by Crippen LogP contribution is 2.18. The summed E-state index contributed by atoms with van der Waals surface area (Å²) in [6.45, 7) is 5.87. The molecule has 0 aliphatic carbocycles. The Morgan fingerprint density at radius 1 is 1.55 bits per heavy atom. The monoisotopic (exact) mass is 155 g/mol. The van der Waals surface area contributed by atoms with Gasteiger partial charge in [0.05, 0.1) is 0 Å². The van der Waals surface area contributed by atoms with E-state index in [9.17, 15) is 0 Å². The SMILES string of the molecule is CC1=N[N+](N)(C(C)C)C(N)=C1. The Morgan fingerprint density at radius 3 is 2.27 bits per heavy atom. The van der Waals surface area contributed by atoms with Crippen LogP contribution in [0.1, 0.15) is 20.8 Å². The molecule has 0 amide bonds. The van der Waals surface area contributed by atoms with E-state index in [4.69, 9.17) is 11.6 Å². The van der Waals surface area contributed by atoms with E-state index in [0.29, 0.717) is 5.82 Å². The van der Waals surface area contributed by atoms with E-state index in [1.165, 1.54) is 0 Å². The Labute approximate surface area is 66.7 Å². The van der Waals surface area contributed by atoms with Crippen molar-refractivity contribution in [1.29, 1.82) is 0 Å². The average Bonchev–Trinajstić information content (AvgIpc) is 2.08. The topological polar surface area (TPSA) is 64.4 Å². The van der Waals surface area contributed by atoms with Crippen LogP contribution in [0.15, 0.2) is 17.0 Å². The molecule has 1 unspecified atom stereocenters. The summed E-state index contributed by atoms with van der Waals surface area (Å²) in [5.74, 6) is 6.50. The highest BCUT2D eigenvalue weighted by Gasteiger charge is 2.35. The van der Waals surface area contributed by atoms with Gasteiger partial charge in [0, 0.05) is 6.08 Å². The van der Waals surface area contributed by atoms with E-state index in [1.807, 2.05) is 20.8 Å². The van der Waals surface area contributed by atoms with Gasteiger partial charge in [-0.1, -0.05) is 9.80 Å². The molecule has 0 aromatic rings. The van der Waals surface area contributed by atoms with Crippen molar-refractivity contribution in [2.45, 2.75) is 26.8 Å². The van der Waals surface area contributed by atoms with Gasteiger partial charge in [-0.15, -0.1) is 5.84 Å². The fourth-order valence-electron chi connectivity index (χ4n) is 1.08.